The fourth-order valence-corrected chi connectivity index (χ4v) is 14.8. The van der Waals surface area contributed by atoms with Crippen LogP contribution in [0.4, 0.5) is 5.69 Å². The first-order chi connectivity index (χ1) is 45.1. The maximum absolute atomic E-state index is 6.95. The Morgan fingerprint density at radius 2 is 0.872 bits per heavy atom. The molecule has 16 rings (SSSR count). The van der Waals surface area contributed by atoms with E-state index in [1.807, 2.05) is 60.7 Å². The van der Waals surface area contributed by atoms with E-state index in [4.69, 9.17) is 18.8 Å². The smallest absolute Gasteiger partial charge is 0.196 e. The summed E-state index contributed by atoms with van der Waals surface area (Å²) in [5, 5.41) is 0. The molecule has 94 heavy (non-hydrogen) atoms. The van der Waals surface area contributed by atoms with E-state index in [-0.39, 0.29) is 42.1 Å². The Morgan fingerprint density at radius 1 is 0.426 bits per heavy atom. The number of hydrogen-bond acceptors (Lipinski definition) is 8. The summed E-state index contributed by atoms with van der Waals surface area (Å²) in [5.41, 5.74) is 23.9. The van der Waals surface area contributed by atoms with Crippen LogP contribution in [-0.4, -0.2) is 37.8 Å². The molecule has 0 saturated heterocycles. The van der Waals surface area contributed by atoms with Gasteiger partial charge in [0.2, 0.25) is 0 Å². The molecule has 8 nitrogen and oxygen atoms in total. The van der Waals surface area contributed by atoms with Crippen molar-refractivity contribution in [2.45, 2.75) is 65.3 Å². The van der Waals surface area contributed by atoms with Crippen molar-refractivity contribution in [3.63, 3.8) is 0 Å². The predicted octanol–water partition coefficient (Wildman–Crippen LogP) is 18.4. The molecule has 4 heterocycles. The molecule has 2 aromatic heterocycles. The molecule has 12 aromatic rings. The number of aromatic nitrogens is 2. The molecule has 10 heteroatoms. The zero-order chi connectivity index (χ0) is 62.5. The third-order valence-electron chi connectivity index (χ3n) is 18.5. The first kappa shape index (κ1) is 63.4. The monoisotopic (exact) mass is 1580 g/mol. The van der Waals surface area contributed by atoms with Gasteiger partial charge in [-0.25, -0.2) is 4.98 Å². The van der Waals surface area contributed by atoms with Crippen molar-refractivity contribution in [3.05, 3.63) is 365 Å². The van der Waals surface area contributed by atoms with E-state index in [1.165, 1.54) is 77.9 Å². The van der Waals surface area contributed by atoms with Crippen LogP contribution < -0.4 is 4.90 Å². The van der Waals surface area contributed by atoms with Crippen LogP contribution in [0.2, 0.25) is 0 Å². The quantitative estimate of drug-likeness (QED) is 0.0998. The summed E-state index contributed by atoms with van der Waals surface area (Å²) in [5.74, 6) is 3.07. The van der Waals surface area contributed by atoms with Crippen LogP contribution in [0.15, 0.2) is 252 Å². The van der Waals surface area contributed by atoms with Crippen LogP contribution in [0, 0.1) is 79.1 Å². The average Bonchev–Trinajstić information content (AvgIpc) is 1.54. The van der Waals surface area contributed by atoms with E-state index in [0.29, 0.717) is 31.2 Å². The fraction of sp³-hybridized carbons (Fsp3) is 0.143. The Balaban J connectivity index is 0.000000167. The van der Waals surface area contributed by atoms with Crippen molar-refractivity contribution in [3.8, 4) is 56.2 Å². The second-order valence-corrected chi connectivity index (χ2v) is 24.5. The van der Waals surface area contributed by atoms with E-state index < -0.39 is 11.0 Å². The second kappa shape index (κ2) is 26.6. The maximum atomic E-state index is 6.95. The second-order valence-electron chi connectivity index (χ2n) is 24.5. The minimum absolute atomic E-state index is 0. The van der Waals surface area contributed by atoms with Crippen LogP contribution in [0.5, 0.6) is 0 Å². The number of para-hydroxylation sites is 1. The molecule has 472 valence electrons. The molecule has 0 saturated carbocycles. The molecular weight excluding hydrogens is 1520 g/mol. The summed E-state index contributed by atoms with van der Waals surface area (Å²) in [7, 11) is 0. The number of fused-ring (bicyclic) bond motifs is 6. The summed E-state index contributed by atoms with van der Waals surface area (Å²) >= 11 is 0. The van der Waals surface area contributed by atoms with Crippen molar-refractivity contribution in [1.82, 2.24) is 24.7 Å². The van der Waals surface area contributed by atoms with Crippen LogP contribution in [0.1, 0.15) is 84.2 Å². The van der Waals surface area contributed by atoms with Gasteiger partial charge in [-0.3, -0.25) is 4.98 Å². The summed E-state index contributed by atoms with van der Waals surface area (Å²) in [6.07, 6.45) is 9.77. The van der Waals surface area contributed by atoms with Gasteiger partial charge in [-0.1, -0.05) is 132 Å². The molecule has 2 aliphatic carbocycles. The summed E-state index contributed by atoms with van der Waals surface area (Å²) in [4.78, 5) is 19.4. The van der Waals surface area contributed by atoms with E-state index in [9.17, 15) is 0 Å². The Hall–Kier alpha value is -9.32. The van der Waals surface area contributed by atoms with Gasteiger partial charge in [0, 0.05) is 71.8 Å². The molecule has 2 aliphatic heterocycles. The van der Waals surface area contributed by atoms with Gasteiger partial charge in [-0.2, -0.15) is 104 Å². The van der Waals surface area contributed by atoms with Gasteiger partial charge in [0.1, 0.15) is 11.5 Å². The van der Waals surface area contributed by atoms with Crippen LogP contribution >= 0.6 is 0 Å². The molecule has 0 radical (unpaired) electrons. The molecule has 0 bridgehead atoms. The van der Waals surface area contributed by atoms with Crippen LogP contribution in [0.3, 0.4) is 0 Å². The summed E-state index contributed by atoms with van der Waals surface area (Å²) in [6, 6.07) is 90.5. The van der Waals surface area contributed by atoms with E-state index in [0.717, 1.165) is 63.0 Å². The van der Waals surface area contributed by atoms with Crippen molar-refractivity contribution in [2.75, 3.05) is 18.0 Å². The third-order valence-corrected chi connectivity index (χ3v) is 18.5. The molecular formula is C84H68N6O2Pt2-6. The standard InChI is InChI=1S/2C42H34N3O.2Pt/c1-29-26-30(2)39(31(3)27-29)40-41(43-38(46-40)22-23-44-24-25-45(28-44)33-16-8-5-9-17-33)42(32-14-6-4-7-15-32)36-20-12-10-18-34(36)35-19-11-13-21-37(35)42;1-29-26-30(2)39(31(3)27-29)41-40(32-14-6-4-7-15-32)43-38(46-41)22-23-44-24-25-45(28-44)42(33-16-8-5-9-17-33)36-20-12-10-18-34(36)35-19-11-13-21-37(35)42;;/h2*4-14,16,18-21,24-28H,22-23H2,1-3H3;;/q2*-3;;. The number of benzene rings is 10. The molecule has 0 fully saturated rings. The minimum Gasteiger partial charge on any atom is -0.508 e. The number of aryl methyl sites for hydroxylation is 6. The van der Waals surface area contributed by atoms with Crippen molar-refractivity contribution in [2.24, 2.45) is 0 Å². The van der Waals surface area contributed by atoms with Gasteiger partial charge in [0.25, 0.3) is 0 Å². The molecule has 0 unspecified atom stereocenters. The third kappa shape index (κ3) is 11.1. The van der Waals surface area contributed by atoms with E-state index in [1.54, 1.807) is 0 Å². The van der Waals surface area contributed by atoms with E-state index in [2.05, 4.69) is 281 Å². The summed E-state index contributed by atoms with van der Waals surface area (Å²) in [6.45, 7) is 18.7. The van der Waals surface area contributed by atoms with Crippen molar-refractivity contribution in [1.29, 1.82) is 0 Å². The van der Waals surface area contributed by atoms with Gasteiger partial charge < -0.3 is 28.4 Å². The maximum Gasteiger partial charge on any atom is 0.196 e. The molecule has 10 aromatic carbocycles. The SMILES string of the molecule is Cc1cc(C)c(-c2oc(CCN3C=CN(C4(c5[c-]cccc5)c5ccccc5-c5ccccc54)[CH-]3)nc2-c2[c-]cccc2)c(C)c1.Cc1cc(C)c(-c2oc(CCN3C=CN(c4[c-]cccc4)[CH-]3)nc2C2(c3[c-]cccc3)c3ccccc3-c3ccccc32)c(C)c1.[Pt].[Pt]. The Labute approximate surface area is 581 Å². The average molecular weight is 1580 g/mol. The zero-order valence-electron chi connectivity index (χ0n) is 53.2. The molecule has 0 N–H and O–H groups in total. The van der Waals surface area contributed by atoms with Gasteiger partial charge in [-0.15, -0.1) is 52.7 Å². The normalized spacial score (nSPS) is 14.2. The molecule has 0 atom stereocenters. The Kier molecular flexibility index (Phi) is 17.9. The Bertz CT molecular complexity index is 4630. The predicted molar refractivity (Wildman–Crippen MR) is 367 cm³/mol. The fourth-order valence-electron chi connectivity index (χ4n) is 14.8. The van der Waals surface area contributed by atoms with Crippen LogP contribution in [-0.2, 0) is 65.9 Å². The van der Waals surface area contributed by atoms with Crippen molar-refractivity contribution >= 4 is 5.69 Å². The topological polar surface area (TPSA) is 65.0 Å². The molecule has 0 amide bonds. The Morgan fingerprint density at radius 3 is 1.40 bits per heavy atom. The first-order valence-corrected chi connectivity index (χ1v) is 31.7. The summed E-state index contributed by atoms with van der Waals surface area (Å²) < 4.78 is 13.6. The number of nitrogens with zero attached hydrogens (tertiary/aromatic N) is 6. The largest absolute Gasteiger partial charge is 0.508 e. The van der Waals surface area contributed by atoms with Gasteiger partial charge in [0.05, 0.1) is 11.0 Å². The first-order valence-electron chi connectivity index (χ1n) is 31.7. The number of oxazole rings is 2. The molecule has 4 aliphatic rings. The van der Waals surface area contributed by atoms with Crippen LogP contribution in [0.25, 0.3) is 56.2 Å². The zero-order valence-corrected chi connectivity index (χ0v) is 57.8. The number of hydrogen-bond donors (Lipinski definition) is 0. The minimum atomic E-state index is -0.699. The van der Waals surface area contributed by atoms with Crippen molar-refractivity contribution < 1.29 is 51.0 Å². The van der Waals surface area contributed by atoms with Gasteiger partial charge in [0.15, 0.2) is 17.5 Å². The molecule has 0 spiro atoms. The van der Waals surface area contributed by atoms with Gasteiger partial charge in [-0.05, 0) is 146 Å². The number of anilines is 1. The van der Waals surface area contributed by atoms with E-state index >= 15 is 0 Å². The van der Waals surface area contributed by atoms with Gasteiger partial charge >= 0.3 is 0 Å². The number of rotatable bonds is 14.